The van der Waals surface area contributed by atoms with Crippen LogP contribution in [0.4, 0.5) is 0 Å². The van der Waals surface area contributed by atoms with Gasteiger partial charge in [-0.2, -0.15) is 10.4 Å². The van der Waals surface area contributed by atoms with Crippen molar-refractivity contribution in [2.45, 2.75) is 11.8 Å². The van der Waals surface area contributed by atoms with Crippen LogP contribution in [0.25, 0.3) is 23.0 Å². The summed E-state index contributed by atoms with van der Waals surface area (Å²) in [7, 11) is -4.08. The molecule has 1 aromatic heterocycles. The molecule has 0 aliphatic rings. The first-order chi connectivity index (χ1) is 16.8. The highest BCUT2D eigenvalue weighted by molar-refractivity contribution is 7.95. The molecule has 3 aromatic carbocycles. The molecule has 0 unspecified atom stereocenters. The van der Waals surface area contributed by atoms with E-state index in [2.05, 4.69) is 5.10 Å². The molecule has 0 amide bonds. The number of benzene rings is 3. The second-order valence-corrected chi connectivity index (χ2v) is 10.1. The standard InChI is InChI=1S/C26H19Cl2N3O3S/c1-2-34-25-13-8-18(15-24(25)28)26-19(17-31(30-26)21-6-4-3-5-7-21)14-23(16-29)35(32,33)22-11-9-20(27)10-12-22/h3-15,17H,2H2,1H3/b23-14-. The minimum absolute atomic E-state index is 0.0317. The lowest BCUT2D eigenvalue weighted by atomic mass is 10.1. The molecule has 9 heteroatoms. The maximum atomic E-state index is 13.2. The van der Waals surface area contributed by atoms with Crippen molar-refractivity contribution in [3.05, 3.63) is 99.5 Å². The molecule has 176 valence electrons. The van der Waals surface area contributed by atoms with Crippen molar-refractivity contribution in [3.63, 3.8) is 0 Å². The van der Waals surface area contributed by atoms with Crippen molar-refractivity contribution in [2.24, 2.45) is 0 Å². The summed E-state index contributed by atoms with van der Waals surface area (Å²) in [4.78, 5) is -0.457. The molecule has 4 rings (SSSR count). The Bertz CT molecular complexity index is 1540. The Kier molecular flexibility index (Phi) is 7.27. The van der Waals surface area contributed by atoms with E-state index in [0.717, 1.165) is 5.69 Å². The van der Waals surface area contributed by atoms with Crippen LogP contribution in [0.5, 0.6) is 5.75 Å². The van der Waals surface area contributed by atoms with Crippen LogP contribution in [0.3, 0.4) is 0 Å². The summed E-state index contributed by atoms with van der Waals surface area (Å²) in [6, 6.07) is 22.0. The van der Waals surface area contributed by atoms with E-state index in [-0.39, 0.29) is 4.90 Å². The summed E-state index contributed by atoms with van der Waals surface area (Å²) < 4.78 is 33.5. The first kappa shape index (κ1) is 24.6. The lowest BCUT2D eigenvalue weighted by molar-refractivity contribution is 0.340. The number of para-hydroxylation sites is 1. The number of halogens is 2. The lowest BCUT2D eigenvalue weighted by Gasteiger charge is -2.07. The molecular formula is C26H19Cl2N3O3S. The van der Waals surface area contributed by atoms with Gasteiger partial charge in [-0.05, 0) is 67.6 Å². The molecule has 0 saturated carbocycles. The average molecular weight is 524 g/mol. The van der Waals surface area contributed by atoms with Gasteiger partial charge >= 0.3 is 0 Å². The summed E-state index contributed by atoms with van der Waals surface area (Å²) in [5.41, 5.74) is 2.30. The van der Waals surface area contributed by atoms with Gasteiger partial charge in [0, 0.05) is 22.3 Å². The Hall–Kier alpha value is -3.57. The molecule has 35 heavy (non-hydrogen) atoms. The SMILES string of the molecule is CCOc1ccc(-c2nn(-c3ccccc3)cc2/C=C(/C#N)S(=O)(=O)c2ccc(Cl)cc2)cc1Cl. The van der Waals surface area contributed by atoms with E-state index in [4.69, 9.17) is 27.9 Å². The van der Waals surface area contributed by atoms with Crippen LogP contribution in [0.2, 0.25) is 10.0 Å². The fraction of sp³-hybridized carbons (Fsp3) is 0.0769. The number of nitrogens with zero attached hydrogens (tertiary/aromatic N) is 3. The van der Waals surface area contributed by atoms with Gasteiger partial charge in [0.25, 0.3) is 0 Å². The maximum absolute atomic E-state index is 13.2. The largest absolute Gasteiger partial charge is 0.492 e. The molecule has 4 aromatic rings. The molecule has 0 saturated heterocycles. The van der Waals surface area contributed by atoms with Gasteiger partial charge in [-0.1, -0.05) is 41.4 Å². The predicted octanol–water partition coefficient (Wildman–Crippen LogP) is 6.58. The van der Waals surface area contributed by atoms with E-state index in [1.807, 2.05) is 43.3 Å². The van der Waals surface area contributed by atoms with Crippen LogP contribution in [-0.2, 0) is 9.84 Å². The zero-order valence-corrected chi connectivity index (χ0v) is 20.8. The molecule has 0 fully saturated rings. The Morgan fingerprint density at radius 3 is 2.43 bits per heavy atom. The molecule has 0 bridgehead atoms. The number of nitriles is 1. The van der Waals surface area contributed by atoms with Gasteiger partial charge in [-0.25, -0.2) is 13.1 Å². The molecule has 0 aliphatic heterocycles. The first-order valence-electron chi connectivity index (χ1n) is 10.5. The maximum Gasteiger partial charge on any atom is 0.216 e. The van der Waals surface area contributed by atoms with Crippen molar-refractivity contribution in [3.8, 4) is 28.8 Å². The molecular weight excluding hydrogens is 505 g/mol. The lowest BCUT2D eigenvalue weighted by Crippen LogP contribution is -2.03. The number of hydrogen-bond donors (Lipinski definition) is 0. The van der Waals surface area contributed by atoms with Crippen molar-refractivity contribution < 1.29 is 13.2 Å². The Balaban J connectivity index is 1.88. The monoisotopic (exact) mass is 523 g/mol. The fourth-order valence-corrected chi connectivity index (χ4v) is 4.91. The fourth-order valence-electron chi connectivity index (χ4n) is 3.40. The predicted molar refractivity (Wildman–Crippen MR) is 137 cm³/mol. The molecule has 1 heterocycles. The third-order valence-corrected chi connectivity index (χ3v) is 7.31. The minimum atomic E-state index is -4.08. The molecule has 0 spiro atoms. The van der Waals surface area contributed by atoms with Crippen LogP contribution in [0, 0.1) is 11.3 Å². The van der Waals surface area contributed by atoms with Gasteiger partial charge < -0.3 is 4.74 Å². The van der Waals surface area contributed by atoms with Crippen molar-refractivity contribution in [1.82, 2.24) is 9.78 Å². The van der Waals surface area contributed by atoms with E-state index in [1.54, 1.807) is 29.1 Å². The third kappa shape index (κ3) is 5.25. The topological polar surface area (TPSA) is 85.0 Å². The average Bonchev–Trinajstić information content (AvgIpc) is 3.28. The summed E-state index contributed by atoms with van der Waals surface area (Å²) in [5, 5.41) is 15.2. The Labute approximate surface area is 213 Å². The Morgan fingerprint density at radius 1 is 1.09 bits per heavy atom. The van der Waals surface area contributed by atoms with Crippen LogP contribution in [-0.4, -0.2) is 24.8 Å². The summed E-state index contributed by atoms with van der Waals surface area (Å²) in [6.45, 7) is 2.32. The van der Waals surface area contributed by atoms with E-state index in [9.17, 15) is 13.7 Å². The van der Waals surface area contributed by atoms with Gasteiger partial charge in [0.1, 0.15) is 22.4 Å². The summed E-state index contributed by atoms with van der Waals surface area (Å²) in [6.07, 6.45) is 2.99. The van der Waals surface area contributed by atoms with Gasteiger partial charge in [0.15, 0.2) is 0 Å². The van der Waals surface area contributed by atoms with E-state index >= 15 is 0 Å². The van der Waals surface area contributed by atoms with Gasteiger partial charge in [-0.3, -0.25) is 0 Å². The zero-order valence-electron chi connectivity index (χ0n) is 18.5. The van der Waals surface area contributed by atoms with E-state index in [0.29, 0.717) is 39.2 Å². The second kappa shape index (κ2) is 10.4. The van der Waals surface area contributed by atoms with Crippen molar-refractivity contribution in [2.75, 3.05) is 6.61 Å². The van der Waals surface area contributed by atoms with Gasteiger partial charge in [0.2, 0.25) is 9.84 Å². The highest BCUT2D eigenvalue weighted by Crippen LogP contribution is 2.33. The van der Waals surface area contributed by atoms with Crippen LogP contribution in [0.15, 0.2) is 88.8 Å². The molecule has 0 radical (unpaired) electrons. The highest BCUT2D eigenvalue weighted by atomic mass is 35.5. The second-order valence-electron chi connectivity index (χ2n) is 7.37. The van der Waals surface area contributed by atoms with Crippen molar-refractivity contribution in [1.29, 1.82) is 5.26 Å². The van der Waals surface area contributed by atoms with E-state index in [1.165, 1.54) is 30.3 Å². The summed E-state index contributed by atoms with van der Waals surface area (Å²) >= 11 is 12.3. The van der Waals surface area contributed by atoms with Gasteiger partial charge in [0.05, 0.1) is 22.2 Å². The number of hydrogen-bond acceptors (Lipinski definition) is 5. The number of sulfone groups is 1. The number of aromatic nitrogens is 2. The highest BCUT2D eigenvalue weighted by Gasteiger charge is 2.23. The van der Waals surface area contributed by atoms with Crippen LogP contribution >= 0.6 is 23.2 Å². The van der Waals surface area contributed by atoms with Crippen molar-refractivity contribution >= 4 is 39.1 Å². The number of ether oxygens (including phenoxy) is 1. The third-order valence-electron chi connectivity index (χ3n) is 5.08. The summed E-state index contributed by atoms with van der Waals surface area (Å²) in [5.74, 6) is 0.528. The molecule has 0 aliphatic carbocycles. The quantitative estimate of drug-likeness (QED) is 0.255. The smallest absolute Gasteiger partial charge is 0.216 e. The van der Waals surface area contributed by atoms with E-state index < -0.39 is 14.7 Å². The Morgan fingerprint density at radius 2 is 1.80 bits per heavy atom. The number of rotatable bonds is 7. The molecule has 6 nitrogen and oxygen atoms in total. The van der Waals surface area contributed by atoms with Crippen LogP contribution in [0.1, 0.15) is 12.5 Å². The van der Waals surface area contributed by atoms with Crippen LogP contribution < -0.4 is 4.74 Å². The number of allylic oxidation sites excluding steroid dienone is 1. The zero-order chi connectivity index (χ0) is 25.0. The first-order valence-corrected chi connectivity index (χ1v) is 12.8. The molecule has 0 N–H and O–H groups in total. The normalized spacial score (nSPS) is 11.8. The molecule has 0 atom stereocenters. The minimum Gasteiger partial charge on any atom is -0.492 e. The van der Waals surface area contributed by atoms with Gasteiger partial charge in [-0.15, -0.1) is 0 Å².